The lowest BCUT2D eigenvalue weighted by Gasteiger charge is -2.26. The van der Waals surface area contributed by atoms with Crippen LogP contribution in [0, 0.1) is 0 Å². The van der Waals surface area contributed by atoms with Gasteiger partial charge in [0.05, 0.1) is 30.9 Å². The summed E-state index contributed by atoms with van der Waals surface area (Å²) < 4.78 is 15.8. The van der Waals surface area contributed by atoms with Gasteiger partial charge in [0.15, 0.2) is 0 Å². The van der Waals surface area contributed by atoms with Crippen LogP contribution in [0.25, 0.3) is 0 Å². The number of hydrazone groups is 1. The zero-order valence-corrected chi connectivity index (χ0v) is 18.3. The molecule has 0 bridgehead atoms. The molecule has 2 aromatic rings. The van der Waals surface area contributed by atoms with Crippen molar-refractivity contribution in [3.63, 3.8) is 0 Å². The van der Waals surface area contributed by atoms with E-state index in [1.807, 2.05) is 35.7 Å². The molecule has 160 valence electrons. The second-order valence-corrected chi connectivity index (χ2v) is 7.72. The molecule has 1 atom stereocenters. The molecule has 2 amide bonds. The van der Waals surface area contributed by atoms with Crippen LogP contribution in [0.4, 0.5) is 0 Å². The van der Waals surface area contributed by atoms with E-state index in [4.69, 9.17) is 14.2 Å². The third-order valence-corrected chi connectivity index (χ3v) is 5.75. The van der Waals surface area contributed by atoms with Crippen LogP contribution in [0.15, 0.2) is 40.8 Å². The zero-order valence-electron chi connectivity index (χ0n) is 17.5. The number of hydrogen-bond donors (Lipinski definition) is 0. The Hall–Kier alpha value is -2.91. The van der Waals surface area contributed by atoms with E-state index in [1.54, 1.807) is 32.6 Å². The van der Waals surface area contributed by atoms with Crippen LogP contribution in [-0.2, 0) is 14.3 Å². The number of carbonyl (C=O) groups is 2. The average Bonchev–Trinajstić information content (AvgIpc) is 3.43. The van der Waals surface area contributed by atoms with Crippen LogP contribution in [0.2, 0.25) is 0 Å². The summed E-state index contributed by atoms with van der Waals surface area (Å²) in [6, 6.07) is 9.04. The number of ether oxygens (including phenoxy) is 3. The van der Waals surface area contributed by atoms with Crippen molar-refractivity contribution in [2.45, 2.75) is 12.5 Å². The molecule has 1 aliphatic rings. The molecular formula is C21H25N3O5S. The van der Waals surface area contributed by atoms with E-state index in [0.29, 0.717) is 17.9 Å². The first-order chi connectivity index (χ1) is 14.5. The summed E-state index contributed by atoms with van der Waals surface area (Å²) in [5, 5.41) is 8.04. The molecule has 1 aliphatic heterocycles. The number of thiophene rings is 1. The Morgan fingerprint density at radius 1 is 1.23 bits per heavy atom. The van der Waals surface area contributed by atoms with Crippen molar-refractivity contribution in [2.75, 3.05) is 41.5 Å². The topological polar surface area (TPSA) is 80.7 Å². The number of rotatable bonds is 8. The van der Waals surface area contributed by atoms with Crippen molar-refractivity contribution >= 4 is 28.9 Å². The Balaban J connectivity index is 1.93. The number of nitrogens with zero attached hydrogens (tertiary/aromatic N) is 3. The van der Waals surface area contributed by atoms with Crippen LogP contribution >= 0.6 is 11.3 Å². The quantitative estimate of drug-likeness (QED) is 0.642. The van der Waals surface area contributed by atoms with Crippen LogP contribution in [-0.4, -0.2) is 69.0 Å². The molecule has 0 saturated heterocycles. The van der Waals surface area contributed by atoms with Gasteiger partial charge in [-0.1, -0.05) is 6.07 Å². The molecular weight excluding hydrogens is 406 g/mol. The molecule has 0 radical (unpaired) electrons. The first-order valence-electron chi connectivity index (χ1n) is 9.36. The van der Waals surface area contributed by atoms with E-state index in [0.717, 1.165) is 16.2 Å². The third kappa shape index (κ3) is 4.63. The largest absolute Gasteiger partial charge is 0.497 e. The van der Waals surface area contributed by atoms with Gasteiger partial charge in [-0.2, -0.15) is 5.10 Å². The van der Waals surface area contributed by atoms with Crippen LogP contribution < -0.4 is 9.47 Å². The lowest BCUT2D eigenvalue weighted by molar-refractivity contribution is -0.142. The molecule has 0 fully saturated rings. The molecule has 1 aromatic carbocycles. The smallest absolute Gasteiger partial charge is 0.262 e. The van der Waals surface area contributed by atoms with E-state index < -0.39 is 0 Å². The fourth-order valence-corrected chi connectivity index (χ4v) is 3.99. The molecule has 0 N–H and O–H groups in total. The van der Waals surface area contributed by atoms with Crippen molar-refractivity contribution in [1.29, 1.82) is 0 Å². The predicted molar refractivity (Wildman–Crippen MR) is 114 cm³/mol. The summed E-state index contributed by atoms with van der Waals surface area (Å²) in [5.74, 6) is 0.742. The minimum Gasteiger partial charge on any atom is -0.497 e. The van der Waals surface area contributed by atoms with E-state index >= 15 is 0 Å². The maximum Gasteiger partial charge on any atom is 0.262 e. The Morgan fingerprint density at radius 3 is 2.67 bits per heavy atom. The number of hydrogen-bond acceptors (Lipinski definition) is 7. The van der Waals surface area contributed by atoms with Crippen LogP contribution in [0.1, 0.15) is 22.9 Å². The monoisotopic (exact) mass is 431 g/mol. The third-order valence-electron chi connectivity index (χ3n) is 4.83. The second-order valence-electron chi connectivity index (χ2n) is 6.77. The normalized spacial score (nSPS) is 15.7. The van der Waals surface area contributed by atoms with Gasteiger partial charge in [0, 0.05) is 26.1 Å². The minimum absolute atomic E-state index is 0.0827. The molecule has 3 rings (SSSR count). The van der Waals surface area contributed by atoms with Gasteiger partial charge in [-0.15, -0.1) is 11.3 Å². The zero-order chi connectivity index (χ0) is 21.7. The molecule has 1 aromatic heterocycles. The Morgan fingerprint density at radius 2 is 2.03 bits per heavy atom. The first kappa shape index (κ1) is 21.8. The number of carbonyl (C=O) groups excluding carboxylic acids is 2. The number of benzene rings is 1. The first-order valence-corrected chi connectivity index (χ1v) is 10.2. The number of likely N-dealkylation sites (N-methyl/N-ethyl adjacent to an activating group) is 1. The molecule has 1 unspecified atom stereocenters. The van der Waals surface area contributed by atoms with E-state index in [1.165, 1.54) is 17.0 Å². The second kappa shape index (κ2) is 9.73. The summed E-state index contributed by atoms with van der Waals surface area (Å²) in [4.78, 5) is 27.5. The van der Waals surface area contributed by atoms with Crippen molar-refractivity contribution in [3.8, 4) is 11.5 Å². The van der Waals surface area contributed by atoms with E-state index in [-0.39, 0.29) is 31.0 Å². The molecule has 30 heavy (non-hydrogen) atoms. The highest BCUT2D eigenvalue weighted by Crippen LogP contribution is 2.39. The molecule has 0 spiro atoms. The van der Waals surface area contributed by atoms with Crippen molar-refractivity contribution in [1.82, 2.24) is 9.91 Å². The van der Waals surface area contributed by atoms with Gasteiger partial charge >= 0.3 is 0 Å². The molecule has 0 aliphatic carbocycles. The summed E-state index contributed by atoms with van der Waals surface area (Å²) >= 11 is 1.57. The van der Waals surface area contributed by atoms with Crippen LogP contribution in [0.3, 0.4) is 0 Å². The van der Waals surface area contributed by atoms with E-state index in [9.17, 15) is 9.59 Å². The minimum atomic E-state index is -0.370. The van der Waals surface area contributed by atoms with Gasteiger partial charge in [-0.3, -0.25) is 9.59 Å². The maximum atomic E-state index is 13.1. The summed E-state index contributed by atoms with van der Waals surface area (Å²) in [5.41, 5.74) is 1.62. The van der Waals surface area contributed by atoms with Crippen molar-refractivity contribution in [3.05, 3.63) is 46.2 Å². The van der Waals surface area contributed by atoms with Crippen molar-refractivity contribution in [2.24, 2.45) is 5.10 Å². The van der Waals surface area contributed by atoms with Gasteiger partial charge in [0.25, 0.3) is 5.91 Å². The predicted octanol–water partition coefficient (Wildman–Crippen LogP) is 2.55. The highest BCUT2D eigenvalue weighted by Gasteiger charge is 2.36. The lowest BCUT2D eigenvalue weighted by atomic mass is 9.99. The SMILES string of the molecule is COCC(=O)N(C)CC(=O)N1N=C(c2cccs2)CC1c1cc(OC)ccc1OC. The van der Waals surface area contributed by atoms with Gasteiger partial charge < -0.3 is 19.1 Å². The Bertz CT molecular complexity index is 929. The summed E-state index contributed by atoms with van der Waals surface area (Å²) in [6.07, 6.45) is 0.533. The van der Waals surface area contributed by atoms with Crippen molar-refractivity contribution < 1.29 is 23.8 Å². The fourth-order valence-electron chi connectivity index (χ4n) is 3.27. The number of methoxy groups -OCH3 is 3. The molecule has 0 saturated carbocycles. The summed E-state index contributed by atoms with van der Waals surface area (Å²) in [6.45, 7) is -0.188. The van der Waals surface area contributed by atoms with Gasteiger partial charge in [-0.25, -0.2) is 5.01 Å². The standard InChI is InChI=1S/C21H25N3O5S/c1-23(21(26)13-27-2)12-20(25)24-17(11-16(22-24)19-6-5-9-30-19)15-10-14(28-3)7-8-18(15)29-4/h5-10,17H,11-13H2,1-4H3. The fraction of sp³-hybridized carbons (Fsp3) is 0.381. The summed E-state index contributed by atoms with van der Waals surface area (Å²) in [7, 11) is 6.19. The van der Waals surface area contributed by atoms with Gasteiger partial charge in [0.2, 0.25) is 5.91 Å². The van der Waals surface area contributed by atoms with Crippen LogP contribution in [0.5, 0.6) is 11.5 Å². The maximum absolute atomic E-state index is 13.1. The average molecular weight is 432 g/mol. The Kier molecular flexibility index (Phi) is 7.07. The molecule has 2 heterocycles. The lowest BCUT2D eigenvalue weighted by Crippen LogP contribution is -2.40. The highest BCUT2D eigenvalue weighted by atomic mass is 32.1. The van der Waals surface area contributed by atoms with Gasteiger partial charge in [0.1, 0.15) is 24.7 Å². The molecule has 8 nitrogen and oxygen atoms in total. The van der Waals surface area contributed by atoms with Gasteiger partial charge in [-0.05, 0) is 29.6 Å². The Labute approximate surface area is 179 Å². The molecule has 9 heteroatoms. The van der Waals surface area contributed by atoms with E-state index in [2.05, 4.69) is 5.10 Å². The highest BCUT2D eigenvalue weighted by molar-refractivity contribution is 7.12. The number of amides is 2.